The number of rotatable bonds is 18. The number of Topliss-reactive ketones (excluding diaryl/α,β-unsaturated/α-hetero) is 1. The Hall–Kier alpha value is -4.02. The number of hydrogen-bond donors (Lipinski definition) is 2. The molecule has 2 aliphatic rings. The van der Waals surface area contributed by atoms with Crippen LogP contribution < -0.4 is 10.6 Å². The van der Waals surface area contributed by atoms with Gasteiger partial charge in [0.15, 0.2) is 11.9 Å². The van der Waals surface area contributed by atoms with E-state index in [0.717, 1.165) is 64.2 Å². The molecule has 1 aliphatic carbocycles. The highest BCUT2D eigenvalue weighted by Gasteiger charge is 2.41. The number of carbonyl (C=O) groups excluding carboxylic acids is 7. The van der Waals surface area contributed by atoms with Crippen molar-refractivity contribution in [2.75, 3.05) is 21.1 Å². The molecule has 0 spiro atoms. The zero-order chi connectivity index (χ0) is 48.3. The van der Waals surface area contributed by atoms with Crippen molar-refractivity contribution in [3.63, 3.8) is 0 Å². The van der Waals surface area contributed by atoms with Gasteiger partial charge in [0.2, 0.25) is 23.6 Å². The van der Waals surface area contributed by atoms with Crippen LogP contribution in [-0.2, 0) is 38.3 Å². The summed E-state index contributed by atoms with van der Waals surface area (Å²) in [6.07, 6.45) is 8.99. The van der Waals surface area contributed by atoms with Gasteiger partial charge in [-0.1, -0.05) is 120 Å². The van der Waals surface area contributed by atoms with Gasteiger partial charge in [-0.05, 0) is 68.6 Å². The first-order chi connectivity index (χ1) is 30.2. The van der Waals surface area contributed by atoms with E-state index in [4.69, 9.17) is 4.74 Å². The summed E-state index contributed by atoms with van der Waals surface area (Å²) >= 11 is 0. The molecule has 0 aromatic heterocycles. The Morgan fingerprint density at radius 2 is 1.19 bits per heavy atom. The summed E-state index contributed by atoms with van der Waals surface area (Å²) in [4.78, 5) is 106. The summed E-state index contributed by atoms with van der Waals surface area (Å²) < 4.78 is 5.81. The third-order valence-electron chi connectivity index (χ3n) is 13.5. The molecule has 5 amide bonds. The number of nitriles is 1. The molecule has 0 bridgehead atoms. The zero-order valence-corrected chi connectivity index (χ0v) is 41.7. The van der Waals surface area contributed by atoms with Crippen LogP contribution in [0.2, 0.25) is 0 Å². The quantitative estimate of drug-likeness (QED) is 0.133. The summed E-state index contributed by atoms with van der Waals surface area (Å²) in [6, 6.07) is -3.15. The van der Waals surface area contributed by atoms with Crippen LogP contribution in [0.3, 0.4) is 0 Å². The van der Waals surface area contributed by atoms with Crippen molar-refractivity contribution < 1.29 is 38.3 Å². The van der Waals surface area contributed by atoms with Crippen LogP contribution in [0.15, 0.2) is 0 Å². The lowest BCUT2D eigenvalue weighted by Gasteiger charge is -2.36. The van der Waals surface area contributed by atoms with Gasteiger partial charge in [-0.3, -0.25) is 28.8 Å². The summed E-state index contributed by atoms with van der Waals surface area (Å²) in [5.74, 6) is -4.27. The first-order valence-corrected chi connectivity index (χ1v) is 24.7. The Labute approximate surface area is 386 Å². The number of carbonyl (C=O) groups is 7. The third kappa shape index (κ3) is 17.8. The molecule has 0 aromatic carbocycles. The first kappa shape index (κ1) is 56.1. The number of unbranched alkanes of at least 4 members (excludes halogenated alkanes) is 2. The molecule has 14 nitrogen and oxygen atoms in total. The minimum absolute atomic E-state index is 0.00541. The van der Waals surface area contributed by atoms with E-state index in [-0.39, 0.29) is 67.0 Å². The molecule has 1 saturated heterocycles. The topological polar surface area (TPSA) is 186 Å². The molecule has 14 heteroatoms. The number of amides is 5. The molecular weight excluding hydrogens is 813 g/mol. The van der Waals surface area contributed by atoms with Gasteiger partial charge in [0, 0.05) is 46.3 Å². The molecule has 2 fully saturated rings. The van der Waals surface area contributed by atoms with Gasteiger partial charge >= 0.3 is 5.97 Å². The molecule has 2 rings (SSSR count). The standard InChI is InChI=1S/C50H86N6O8/c1-13-15-20-34(7)28-39-48(61)54(10)36(9)50(63)64-44(24-19-25-51)46(59)53-40(29-35(8)21-16-14-2)49(62)55(11)41(27-33(5)6)43(57)31-38(26-32(3)4)47(60)56(12)42(45(58)52-39)30-37-22-17-18-23-37/h32-42,44H,13-24,26-31H2,1-12H3,(H,52,58)(H,53,59)/t34-,35-,36+,38-,39?,40+,41+,42+,44-/m1/s1. The number of nitrogens with one attached hydrogen (secondary N) is 2. The largest absolute Gasteiger partial charge is 0.451 e. The Balaban J connectivity index is 2.86. The van der Waals surface area contributed by atoms with Gasteiger partial charge in [0.1, 0.15) is 24.2 Å². The zero-order valence-electron chi connectivity index (χ0n) is 41.7. The molecule has 0 aromatic rings. The molecule has 1 saturated carbocycles. The van der Waals surface area contributed by atoms with Gasteiger partial charge < -0.3 is 30.1 Å². The molecule has 1 heterocycles. The third-order valence-corrected chi connectivity index (χ3v) is 13.5. The predicted molar refractivity (Wildman–Crippen MR) is 249 cm³/mol. The van der Waals surface area contributed by atoms with E-state index < -0.39 is 71.8 Å². The second-order valence-corrected chi connectivity index (χ2v) is 20.3. The van der Waals surface area contributed by atoms with Gasteiger partial charge in [-0.2, -0.15) is 5.26 Å². The number of hydrogen-bond acceptors (Lipinski definition) is 9. The van der Waals surface area contributed by atoms with E-state index in [2.05, 4.69) is 24.5 Å². The fourth-order valence-corrected chi connectivity index (χ4v) is 9.41. The highest BCUT2D eigenvalue weighted by molar-refractivity contribution is 5.97. The van der Waals surface area contributed by atoms with E-state index >= 15 is 0 Å². The van der Waals surface area contributed by atoms with Crippen molar-refractivity contribution in [2.45, 2.75) is 214 Å². The van der Waals surface area contributed by atoms with Gasteiger partial charge in [-0.15, -0.1) is 0 Å². The second kappa shape index (κ2) is 28.1. The Bertz CT molecular complexity index is 1570. The minimum Gasteiger partial charge on any atom is -0.451 e. The minimum atomic E-state index is -1.45. The van der Waals surface area contributed by atoms with Crippen LogP contribution in [0.5, 0.6) is 0 Å². The second-order valence-electron chi connectivity index (χ2n) is 20.3. The lowest BCUT2D eigenvalue weighted by atomic mass is 9.86. The highest BCUT2D eigenvalue weighted by atomic mass is 16.5. The van der Waals surface area contributed by atoms with Crippen molar-refractivity contribution in [3.05, 3.63) is 0 Å². The molecule has 364 valence electrons. The summed E-state index contributed by atoms with van der Waals surface area (Å²) in [6.45, 7) is 17.6. The van der Waals surface area contributed by atoms with Crippen LogP contribution in [0.25, 0.3) is 0 Å². The number of ether oxygens (including phenoxy) is 1. The molecule has 9 atom stereocenters. The average Bonchev–Trinajstić information content (AvgIpc) is 3.77. The lowest BCUT2D eigenvalue weighted by molar-refractivity contribution is -0.163. The smallest absolute Gasteiger partial charge is 0.329 e. The van der Waals surface area contributed by atoms with E-state index in [1.807, 2.05) is 47.6 Å². The van der Waals surface area contributed by atoms with Gasteiger partial charge in [0.25, 0.3) is 5.91 Å². The lowest BCUT2D eigenvalue weighted by Crippen LogP contribution is -2.57. The average molecular weight is 899 g/mol. The number of ketones is 1. The van der Waals surface area contributed by atoms with Crippen LogP contribution in [-0.4, -0.2) is 113 Å². The Morgan fingerprint density at radius 3 is 1.69 bits per heavy atom. The van der Waals surface area contributed by atoms with Crippen LogP contribution in [0.1, 0.15) is 178 Å². The maximum atomic E-state index is 14.8. The van der Waals surface area contributed by atoms with Gasteiger partial charge in [0.05, 0.1) is 12.1 Å². The Morgan fingerprint density at radius 1 is 0.688 bits per heavy atom. The molecular formula is C50H86N6O8. The van der Waals surface area contributed by atoms with Crippen molar-refractivity contribution in [1.29, 1.82) is 5.26 Å². The monoisotopic (exact) mass is 899 g/mol. The van der Waals surface area contributed by atoms with Crippen molar-refractivity contribution in [2.24, 2.45) is 35.5 Å². The van der Waals surface area contributed by atoms with Crippen LogP contribution in [0, 0.1) is 46.8 Å². The summed E-state index contributed by atoms with van der Waals surface area (Å²) in [5, 5.41) is 15.4. The molecule has 0 radical (unpaired) electrons. The normalized spacial score (nSPS) is 26.7. The summed E-state index contributed by atoms with van der Waals surface area (Å²) in [5.41, 5.74) is 0. The van der Waals surface area contributed by atoms with Crippen molar-refractivity contribution in [1.82, 2.24) is 25.3 Å². The Kier molecular flexibility index (Phi) is 24.6. The van der Waals surface area contributed by atoms with E-state index in [9.17, 15) is 38.8 Å². The van der Waals surface area contributed by atoms with Gasteiger partial charge in [-0.25, -0.2) is 4.79 Å². The number of esters is 1. The van der Waals surface area contributed by atoms with E-state index in [0.29, 0.717) is 25.7 Å². The predicted octanol–water partition coefficient (Wildman–Crippen LogP) is 7.37. The number of nitrogens with zero attached hydrogens (tertiary/aromatic N) is 4. The summed E-state index contributed by atoms with van der Waals surface area (Å²) in [7, 11) is 4.64. The molecule has 2 N–H and O–H groups in total. The number of cyclic esters (lactones) is 1. The van der Waals surface area contributed by atoms with Crippen molar-refractivity contribution >= 4 is 41.3 Å². The highest BCUT2D eigenvalue weighted by Crippen LogP contribution is 2.32. The first-order valence-electron chi connectivity index (χ1n) is 24.7. The molecule has 64 heavy (non-hydrogen) atoms. The fraction of sp³-hybridized carbons (Fsp3) is 0.840. The van der Waals surface area contributed by atoms with Crippen molar-refractivity contribution in [3.8, 4) is 6.07 Å². The maximum Gasteiger partial charge on any atom is 0.329 e. The number of likely N-dealkylation sites (N-methyl/N-ethyl adjacent to an activating group) is 3. The van der Waals surface area contributed by atoms with Crippen LogP contribution in [0.4, 0.5) is 0 Å². The van der Waals surface area contributed by atoms with E-state index in [1.54, 1.807) is 14.1 Å². The molecule has 1 aliphatic heterocycles. The fourth-order valence-electron chi connectivity index (χ4n) is 9.41. The molecule has 1 unspecified atom stereocenters. The van der Waals surface area contributed by atoms with E-state index in [1.165, 1.54) is 28.7 Å². The van der Waals surface area contributed by atoms with Crippen LogP contribution >= 0.6 is 0 Å². The maximum absolute atomic E-state index is 14.8. The SMILES string of the molecule is CCCC[C@@H](C)CC1NC(=O)[C@H](CC2CCCC2)N(C)C(=O)[C@H](CC(C)C)CC(=O)[C@H](CC(C)C)N(C)C(=O)[C@H](C[C@H](C)CCCC)NC(=O)[C@@H](CCC#N)OC(=O)[C@H](C)N(C)C1=O.